The van der Waals surface area contributed by atoms with Gasteiger partial charge in [-0.05, 0) is 37.6 Å². The van der Waals surface area contributed by atoms with E-state index in [4.69, 9.17) is 25.8 Å². The van der Waals surface area contributed by atoms with E-state index in [9.17, 15) is 14.4 Å². The van der Waals surface area contributed by atoms with E-state index in [0.29, 0.717) is 17.2 Å². The average Bonchev–Trinajstić information content (AvgIpc) is 2.95. The molecular formula is C16H18ClNO6. The van der Waals surface area contributed by atoms with Gasteiger partial charge in [-0.15, -0.1) is 0 Å². The van der Waals surface area contributed by atoms with E-state index in [1.165, 1.54) is 0 Å². The van der Waals surface area contributed by atoms with Crippen molar-refractivity contribution in [2.24, 2.45) is 0 Å². The van der Waals surface area contributed by atoms with E-state index in [-0.39, 0.29) is 13.2 Å². The monoisotopic (exact) mass is 355 g/mol. The number of rotatable bonds is 6. The molecule has 1 aromatic rings. The Bertz CT molecular complexity index is 629. The van der Waals surface area contributed by atoms with Crippen molar-refractivity contribution in [3.8, 4) is 5.75 Å². The molecule has 1 aromatic carbocycles. The number of benzene rings is 1. The van der Waals surface area contributed by atoms with Crippen LogP contribution in [0.3, 0.4) is 0 Å². The first-order valence-electron chi connectivity index (χ1n) is 7.55. The lowest BCUT2D eigenvalue weighted by molar-refractivity contribution is -0.160. The fourth-order valence-electron chi connectivity index (χ4n) is 2.26. The van der Waals surface area contributed by atoms with Crippen molar-refractivity contribution < 1.29 is 28.6 Å². The van der Waals surface area contributed by atoms with Crippen LogP contribution < -0.4 is 10.1 Å². The summed E-state index contributed by atoms with van der Waals surface area (Å²) in [7, 11) is 0. The Labute approximate surface area is 144 Å². The van der Waals surface area contributed by atoms with Gasteiger partial charge in [0, 0.05) is 11.4 Å². The van der Waals surface area contributed by atoms with E-state index in [0.717, 1.165) is 5.56 Å². The fraction of sp³-hybridized carbons (Fsp3) is 0.438. The molecule has 1 heterocycles. The molecule has 2 rings (SSSR count). The Morgan fingerprint density at radius 3 is 2.46 bits per heavy atom. The van der Waals surface area contributed by atoms with Gasteiger partial charge in [-0.25, -0.2) is 9.59 Å². The smallest absolute Gasteiger partial charge is 0.340 e. The third-order valence-corrected chi connectivity index (χ3v) is 3.56. The summed E-state index contributed by atoms with van der Waals surface area (Å²) < 4.78 is 15.1. The molecule has 7 nitrogen and oxygen atoms in total. The summed E-state index contributed by atoms with van der Waals surface area (Å²) in [5.74, 6) is -1.80. The Kier molecular flexibility index (Phi) is 6.03. The number of nitrogens with one attached hydrogen (secondary N) is 1. The second-order valence-corrected chi connectivity index (χ2v) is 5.44. The number of carbonyl (C=O) groups is 3. The summed E-state index contributed by atoms with van der Waals surface area (Å²) in [4.78, 5) is 36.1. The normalized spacial score (nSPS) is 15.4. The number of hydrogen-bond acceptors (Lipinski definition) is 6. The van der Waals surface area contributed by atoms with Crippen molar-refractivity contribution in [2.45, 2.75) is 32.4 Å². The molecule has 0 saturated heterocycles. The predicted octanol–water partition coefficient (Wildman–Crippen LogP) is 1.25. The lowest BCUT2D eigenvalue weighted by Crippen LogP contribution is -2.52. The van der Waals surface area contributed by atoms with Crippen LogP contribution in [-0.4, -0.2) is 43.2 Å². The zero-order chi connectivity index (χ0) is 17.7. The standard InChI is InChI=1S/C16H18ClNO6/c1-3-22-15(20)13(16(21)23-4-2)18-14(19)12-8-9-7-10(17)5-6-11(9)24-12/h5-7,12-13H,3-4,8H2,1-2H3,(H,18,19). The number of ether oxygens (including phenoxy) is 3. The molecule has 1 atom stereocenters. The predicted molar refractivity (Wildman–Crippen MR) is 84.8 cm³/mol. The van der Waals surface area contributed by atoms with Gasteiger partial charge in [0.25, 0.3) is 5.91 Å². The van der Waals surface area contributed by atoms with Gasteiger partial charge in [0.1, 0.15) is 5.75 Å². The van der Waals surface area contributed by atoms with Gasteiger partial charge >= 0.3 is 11.9 Å². The fourth-order valence-corrected chi connectivity index (χ4v) is 2.46. The number of halogens is 1. The Morgan fingerprint density at radius 1 is 1.25 bits per heavy atom. The third-order valence-electron chi connectivity index (χ3n) is 3.32. The molecule has 0 radical (unpaired) electrons. The second kappa shape index (κ2) is 8.01. The molecule has 1 aliphatic rings. The molecular weight excluding hydrogens is 338 g/mol. The minimum atomic E-state index is -1.52. The van der Waals surface area contributed by atoms with Crippen LogP contribution in [-0.2, 0) is 30.3 Å². The molecule has 1 N–H and O–H groups in total. The first-order chi connectivity index (χ1) is 11.5. The van der Waals surface area contributed by atoms with Crippen molar-refractivity contribution in [1.29, 1.82) is 0 Å². The molecule has 24 heavy (non-hydrogen) atoms. The highest BCUT2D eigenvalue weighted by Crippen LogP contribution is 2.31. The Balaban J connectivity index is 2.05. The van der Waals surface area contributed by atoms with Gasteiger partial charge < -0.3 is 19.5 Å². The van der Waals surface area contributed by atoms with E-state index in [1.54, 1.807) is 32.0 Å². The van der Waals surface area contributed by atoms with Gasteiger partial charge in [-0.1, -0.05) is 11.6 Å². The number of hydrogen-bond donors (Lipinski definition) is 1. The molecule has 0 fully saturated rings. The molecule has 130 valence electrons. The van der Waals surface area contributed by atoms with Crippen LogP contribution in [0.25, 0.3) is 0 Å². The van der Waals surface area contributed by atoms with Crippen LogP contribution in [0.15, 0.2) is 18.2 Å². The largest absolute Gasteiger partial charge is 0.480 e. The van der Waals surface area contributed by atoms with Crippen LogP contribution in [0.5, 0.6) is 5.75 Å². The zero-order valence-electron chi connectivity index (χ0n) is 13.3. The number of carbonyl (C=O) groups excluding carboxylic acids is 3. The molecule has 1 aliphatic heterocycles. The molecule has 0 bridgehead atoms. The van der Waals surface area contributed by atoms with Crippen molar-refractivity contribution >= 4 is 29.4 Å². The van der Waals surface area contributed by atoms with Crippen molar-refractivity contribution in [3.63, 3.8) is 0 Å². The second-order valence-electron chi connectivity index (χ2n) is 5.01. The lowest BCUT2D eigenvalue weighted by Gasteiger charge is -2.18. The van der Waals surface area contributed by atoms with E-state index < -0.39 is 30.0 Å². The number of esters is 2. The van der Waals surface area contributed by atoms with Crippen LogP contribution in [0.1, 0.15) is 19.4 Å². The van der Waals surface area contributed by atoms with Gasteiger partial charge in [0.2, 0.25) is 6.04 Å². The maximum absolute atomic E-state index is 12.3. The maximum Gasteiger partial charge on any atom is 0.340 e. The molecule has 0 aromatic heterocycles. The Morgan fingerprint density at radius 2 is 1.88 bits per heavy atom. The number of fused-ring (bicyclic) bond motifs is 1. The summed E-state index contributed by atoms with van der Waals surface area (Å²) in [5.41, 5.74) is 0.784. The van der Waals surface area contributed by atoms with Crippen molar-refractivity contribution in [3.05, 3.63) is 28.8 Å². The van der Waals surface area contributed by atoms with Crippen molar-refractivity contribution in [2.75, 3.05) is 13.2 Å². The maximum atomic E-state index is 12.3. The summed E-state index contributed by atoms with van der Waals surface area (Å²) >= 11 is 5.91. The van der Waals surface area contributed by atoms with Crippen LogP contribution in [0.4, 0.5) is 0 Å². The van der Waals surface area contributed by atoms with Gasteiger partial charge in [-0.3, -0.25) is 4.79 Å². The zero-order valence-corrected chi connectivity index (χ0v) is 14.1. The highest BCUT2D eigenvalue weighted by atomic mass is 35.5. The topological polar surface area (TPSA) is 90.9 Å². The molecule has 8 heteroatoms. The average molecular weight is 356 g/mol. The SMILES string of the molecule is CCOC(=O)C(NC(=O)C1Cc2cc(Cl)ccc2O1)C(=O)OCC. The summed E-state index contributed by atoms with van der Waals surface area (Å²) in [6.45, 7) is 3.35. The highest BCUT2D eigenvalue weighted by molar-refractivity contribution is 6.30. The quantitative estimate of drug-likeness (QED) is 0.610. The summed E-state index contributed by atoms with van der Waals surface area (Å²) in [6.07, 6.45) is -0.565. The summed E-state index contributed by atoms with van der Waals surface area (Å²) in [6, 6.07) is 3.51. The minimum absolute atomic E-state index is 0.0779. The molecule has 0 aliphatic carbocycles. The van der Waals surface area contributed by atoms with E-state index >= 15 is 0 Å². The first kappa shape index (κ1) is 18.1. The number of amides is 1. The van der Waals surface area contributed by atoms with Gasteiger partial charge in [0.05, 0.1) is 13.2 Å². The third kappa shape index (κ3) is 4.17. The Hall–Kier alpha value is -2.28. The van der Waals surface area contributed by atoms with Crippen LogP contribution in [0, 0.1) is 0 Å². The first-order valence-corrected chi connectivity index (χ1v) is 7.92. The minimum Gasteiger partial charge on any atom is -0.480 e. The molecule has 0 spiro atoms. The van der Waals surface area contributed by atoms with E-state index in [2.05, 4.69) is 5.32 Å². The molecule has 1 amide bonds. The highest BCUT2D eigenvalue weighted by Gasteiger charge is 2.36. The van der Waals surface area contributed by atoms with Gasteiger partial charge in [0.15, 0.2) is 6.10 Å². The van der Waals surface area contributed by atoms with Crippen LogP contribution >= 0.6 is 11.6 Å². The summed E-state index contributed by atoms with van der Waals surface area (Å²) in [5, 5.41) is 2.87. The molecule has 1 unspecified atom stereocenters. The lowest BCUT2D eigenvalue weighted by atomic mass is 10.1. The van der Waals surface area contributed by atoms with Crippen LogP contribution in [0.2, 0.25) is 5.02 Å². The van der Waals surface area contributed by atoms with Crippen molar-refractivity contribution in [1.82, 2.24) is 5.32 Å². The van der Waals surface area contributed by atoms with Gasteiger partial charge in [-0.2, -0.15) is 0 Å². The van der Waals surface area contributed by atoms with E-state index in [1.807, 2.05) is 0 Å². The molecule has 0 saturated carbocycles.